The minimum absolute atomic E-state index is 0.0776. The van der Waals surface area contributed by atoms with Crippen LogP contribution in [-0.4, -0.2) is 30.3 Å². The van der Waals surface area contributed by atoms with Crippen molar-refractivity contribution in [3.8, 4) is 0 Å². The Bertz CT molecular complexity index is 861. The van der Waals surface area contributed by atoms with Crippen LogP contribution in [0.3, 0.4) is 0 Å². The highest BCUT2D eigenvalue weighted by Crippen LogP contribution is 2.30. The van der Waals surface area contributed by atoms with Gasteiger partial charge in [0, 0.05) is 31.0 Å². The average Bonchev–Trinajstić information content (AvgIpc) is 3.00. The summed E-state index contributed by atoms with van der Waals surface area (Å²) in [5, 5.41) is 0.574. The Balaban J connectivity index is 1.71. The van der Waals surface area contributed by atoms with Crippen molar-refractivity contribution in [3.63, 3.8) is 0 Å². The third-order valence-electron chi connectivity index (χ3n) is 4.43. The Hall–Kier alpha value is -1.92. The molecule has 4 nitrogen and oxygen atoms in total. The van der Waals surface area contributed by atoms with Gasteiger partial charge >= 0.3 is 0 Å². The van der Waals surface area contributed by atoms with Crippen LogP contribution in [0, 0.1) is 11.7 Å². The summed E-state index contributed by atoms with van der Waals surface area (Å²) in [6, 6.07) is 11.6. The SMILES string of the molecule is CN(Cc1cccc(Cl)c1Br)C(=O)C1CC(=O)N(c2ccccc2F)C1. The van der Waals surface area contributed by atoms with Gasteiger partial charge in [-0.1, -0.05) is 35.9 Å². The van der Waals surface area contributed by atoms with E-state index < -0.39 is 11.7 Å². The van der Waals surface area contributed by atoms with E-state index in [1.165, 1.54) is 11.0 Å². The highest BCUT2D eigenvalue weighted by Gasteiger charge is 2.37. The van der Waals surface area contributed by atoms with Crippen LogP contribution >= 0.6 is 27.5 Å². The molecule has 0 bridgehead atoms. The summed E-state index contributed by atoms with van der Waals surface area (Å²) in [6.07, 6.45) is 0.0776. The molecule has 7 heteroatoms. The van der Waals surface area contributed by atoms with Crippen molar-refractivity contribution in [2.75, 3.05) is 18.5 Å². The van der Waals surface area contributed by atoms with Crippen LogP contribution in [0.2, 0.25) is 5.02 Å². The first kappa shape index (κ1) is 18.9. The molecule has 0 radical (unpaired) electrons. The van der Waals surface area contributed by atoms with Crippen LogP contribution < -0.4 is 4.90 Å². The molecule has 1 heterocycles. The molecular weight excluding hydrogens is 423 g/mol. The molecule has 0 spiro atoms. The average molecular weight is 440 g/mol. The third-order valence-corrected chi connectivity index (χ3v) is 5.91. The molecule has 2 aromatic rings. The Morgan fingerprint density at radius 2 is 2.04 bits per heavy atom. The maximum Gasteiger partial charge on any atom is 0.228 e. The molecule has 2 aromatic carbocycles. The summed E-state index contributed by atoms with van der Waals surface area (Å²) in [5.74, 6) is -1.36. The van der Waals surface area contributed by atoms with E-state index in [9.17, 15) is 14.0 Å². The first-order valence-electron chi connectivity index (χ1n) is 8.11. The van der Waals surface area contributed by atoms with Crippen molar-refractivity contribution in [1.82, 2.24) is 4.90 Å². The maximum atomic E-state index is 14.0. The molecule has 1 atom stereocenters. The second kappa shape index (κ2) is 7.76. The van der Waals surface area contributed by atoms with Gasteiger partial charge in [0.25, 0.3) is 0 Å². The van der Waals surface area contributed by atoms with E-state index in [-0.39, 0.29) is 30.5 Å². The monoisotopic (exact) mass is 438 g/mol. The standard InChI is InChI=1S/C19H17BrClFN2O2/c1-23(10-12-5-4-6-14(21)18(12)20)19(26)13-9-17(25)24(11-13)16-8-3-2-7-15(16)22/h2-8,13H,9-11H2,1H3. The fourth-order valence-corrected chi connectivity index (χ4v) is 3.68. The Kier molecular flexibility index (Phi) is 5.63. The highest BCUT2D eigenvalue weighted by atomic mass is 79.9. The smallest absolute Gasteiger partial charge is 0.228 e. The van der Waals surface area contributed by atoms with Gasteiger partial charge in [-0.2, -0.15) is 0 Å². The lowest BCUT2D eigenvalue weighted by atomic mass is 10.1. The van der Waals surface area contributed by atoms with Crippen LogP contribution in [0.25, 0.3) is 0 Å². The zero-order chi connectivity index (χ0) is 18.8. The number of halogens is 3. The lowest BCUT2D eigenvalue weighted by molar-refractivity contribution is -0.135. The fraction of sp³-hybridized carbons (Fsp3) is 0.263. The highest BCUT2D eigenvalue weighted by molar-refractivity contribution is 9.10. The van der Waals surface area contributed by atoms with Gasteiger partial charge in [-0.25, -0.2) is 4.39 Å². The van der Waals surface area contributed by atoms with Crippen molar-refractivity contribution >= 4 is 45.0 Å². The molecule has 0 saturated carbocycles. The summed E-state index contributed by atoms with van der Waals surface area (Å²) in [6.45, 7) is 0.546. The van der Waals surface area contributed by atoms with Crippen molar-refractivity contribution < 1.29 is 14.0 Å². The number of anilines is 1. The van der Waals surface area contributed by atoms with Gasteiger partial charge in [-0.3, -0.25) is 9.59 Å². The molecule has 0 N–H and O–H groups in total. The molecule has 1 saturated heterocycles. The molecule has 136 valence electrons. The fourth-order valence-electron chi connectivity index (χ4n) is 3.09. The van der Waals surface area contributed by atoms with Gasteiger partial charge in [0.2, 0.25) is 11.8 Å². The largest absolute Gasteiger partial charge is 0.341 e. The van der Waals surface area contributed by atoms with Crippen molar-refractivity contribution in [2.24, 2.45) is 5.92 Å². The number of carbonyl (C=O) groups is 2. The lowest BCUT2D eigenvalue weighted by Crippen LogP contribution is -2.34. The van der Waals surface area contributed by atoms with Crippen molar-refractivity contribution in [2.45, 2.75) is 13.0 Å². The van der Waals surface area contributed by atoms with E-state index >= 15 is 0 Å². The Labute approximate surface area is 164 Å². The first-order valence-corrected chi connectivity index (χ1v) is 9.28. The normalized spacial score (nSPS) is 16.8. The number of para-hydroxylation sites is 1. The van der Waals surface area contributed by atoms with E-state index in [0.29, 0.717) is 11.6 Å². The van der Waals surface area contributed by atoms with Gasteiger partial charge in [0.05, 0.1) is 16.6 Å². The summed E-state index contributed by atoms with van der Waals surface area (Å²) in [5.41, 5.74) is 1.09. The number of amides is 2. The van der Waals surface area contributed by atoms with Gasteiger partial charge in [0.1, 0.15) is 5.82 Å². The topological polar surface area (TPSA) is 40.6 Å². The number of hydrogen-bond acceptors (Lipinski definition) is 2. The number of hydrogen-bond donors (Lipinski definition) is 0. The van der Waals surface area contributed by atoms with Crippen LogP contribution in [0.15, 0.2) is 46.9 Å². The second-order valence-corrected chi connectivity index (χ2v) is 7.46. The predicted octanol–water partition coefficient (Wildman–Crippen LogP) is 4.25. The molecule has 1 fully saturated rings. The van der Waals surface area contributed by atoms with E-state index in [1.807, 2.05) is 12.1 Å². The predicted molar refractivity (Wildman–Crippen MR) is 102 cm³/mol. The molecule has 1 aliphatic rings. The molecule has 0 aliphatic carbocycles. The van der Waals surface area contributed by atoms with Crippen molar-refractivity contribution in [1.29, 1.82) is 0 Å². The zero-order valence-corrected chi connectivity index (χ0v) is 16.4. The molecular formula is C19H17BrClFN2O2. The van der Waals surface area contributed by atoms with Crippen molar-refractivity contribution in [3.05, 3.63) is 63.3 Å². The zero-order valence-electron chi connectivity index (χ0n) is 14.1. The maximum absolute atomic E-state index is 14.0. The van der Waals surface area contributed by atoms with Gasteiger partial charge < -0.3 is 9.80 Å². The minimum atomic E-state index is -0.495. The van der Waals surface area contributed by atoms with Crippen LogP contribution in [-0.2, 0) is 16.1 Å². The molecule has 1 unspecified atom stereocenters. The van der Waals surface area contributed by atoms with Crippen LogP contribution in [0.1, 0.15) is 12.0 Å². The van der Waals surface area contributed by atoms with Gasteiger partial charge in [-0.05, 0) is 39.7 Å². The quantitative estimate of drug-likeness (QED) is 0.714. The van der Waals surface area contributed by atoms with E-state index in [1.54, 1.807) is 36.2 Å². The van der Waals surface area contributed by atoms with Gasteiger partial charge in [0.15, 0.2) is 0 Å². The molecule has 1 aliphatic heterocycles. The Morgan fingerprint density at radius 1 is 1.31 bits per heavy atom. The van der Waals surface area contributed by atoms with E-state index in [4.69, 9.17) is 11.6 Å². The molecule has 0 aromatic heterocycles. The van der Waals surface area contributed by atoms with Gasteiger partial charge in [-0.15, -0.1) is 0 Å². The Morgan fingerprint density at radius 3 is 2.77 bits per heavy atom. The number of nitrogens with zero attached hydrogens (tertiary/aromatic N) is 2. The van der Waals surface area contributed by atoms with Crippen LogP contribution in [0.5, 0.6) is 0 Å². The van der Waals surface area contributed by atoms with E-state index in [2.05, 4.69) is 15.9 Å². The summed E-state index contributed by atoms with van der Waals surface area (Å²) in [7, 11) is 1.69. The van der Waals surface area contributed by atoms with Crippen LogP contribution in [0.4, 0.5) is 10.1 Å². The number of rotatable bonds is 4. The number of benzene rings is 2. The minimum Gasteiger partial charge on any atom is -0.341 e. The lowest BCUT2D eigenvalue weighted by Gasteiger charge is -2.22. The van der Waals surface area contributed by atoms with E-state index in [0.717, 1.165) is 10.0 Å². The third kappa shape index (κ3) is 3.76. The summed E-state index contributed by atoms with van der Waals surface area (Å²) < 4.78 is 14.7. The molecule has 3 rings (SSSR count). The summed E-state index contributed by atoms with van der Waals surface area (Å²) >= 11 is 9.51. The second-order valence-electron chi connectivity index (χ2n) is 6.26. The molecule has 26 heavy (non-hydrogen) atoms. The summed E-state index contributed by atoms with van der Waals surface area (Å²) in [4.78, 5) is 28.0. The first-order chi connectivity index (χ1) is 12.4. The molecule has 2 amide bonds. The number of carbonyl (C=O) groups excluding carboxylic acids is 2.